The molecule has 0 aliphatic rings. The summed E-state index contributed by atoms with van der Waals surface area (Å²) < 4.78 is 13.6. The van der Waals surface area contributed by atoms with Crippen LogP contribution in [-0.4, -0.2) is 6.29 Å². The van der Waals surface area contributed by atoms with E-state index in [1.165, 1.54) is 17.7 Å². The molecule has 17 heavy (non-hydrogen) atoms. The van der Waals surface area contributed by atoms with E-state index in [2.05, 4.69) is 0 Å². The molecule has 0 heterocycles. The predicted octanol–water partition coefficient (Wildman–Crippen LogP) is 3.54. The van der Waals surface area contributed by atoms with Crippen molar-refractivity contribution in [2.75, 3.05) is 0 Å². The highest BCUT2D eigenvalue weighted by Crippen LogP contribution is 2.15. The third-order valence-electron chi connectivity index (χ3n) is 2.72. The van der Waals surface area contributed by atoms with Crippen molar-refractivity contribution in [1.29, 1.82) is 0 Å². The van der Waals surface area contributed by atoms with Crippen LogP contribution in [0.25, 0.3) is 0 Å². The second-order valence-electron chi connectivity index (χ2n) is 4.13. The summed E-state index contributed by atoms with van der Waals surface area (Å²) in [6.07, 6.45) is 1.24. The van der Waals surface area contributed by atoms with Gasteiger partial charge in [-0.2, -0.15) is 0 Å². The average molecular weight is 228 g/mol. The average Bonchev–Trinajstić information content (AvgIpc) is 2.35. The van der Waals surface area contributed by atoms with Gasteiger partial charge < -0.3 is 0 Å². The van der Waals surface area contributed by atoms with Gasteiger partial charge in [0.05, 0.1) is 0 Å². The molecular weight excluding hydrogens is 215 g/mol. The second kappa shape index (κ2) is 4.91. The molecule has 2 aromatic rings. The van der Waals surface area contributed by atoms with E-state index in [0.717, 1.165) is 11.8 Å². The minimum Gasteiger partial charge on any atom is -0.298 e. The summed E-state index contributed by atoms with van der Waals surface area (Å²) in [5.41, 5.74) is 3.28. The van der Waals surface area contributed by atoms with E-state index in [9.17, 15) is 9.18 Å². The van der Waals surface area contributed by atoms with Gasteiger partial charge in [-0.15, -0.1) is 0 Å². The van der Waals surface area contributed by atoms with Gasteiger partial charge in [0.15, 0.2) is 0 Å². The molecule has 0 aliphatic heterocycles. The van der Waals surface area contributed by atoms with E-state index in [1.54, 1.807) is 6.07 Å². The molecule has 0 bridgehead atoms. The maximum atomic E-state index is 13.6. The van der Waals surface area contributed by atoms with Gasteiger partial charge in [-0.25, -0.2) is 4.39 Å². The molecule has 0 aromatic heterocycles. The molecule has 0 spiro atoms. The molecule has 0 radical (unpaired) electrons. The number of carbonyl (C=O) groups excluding carboxylic acids is 1. The van der Waals surface area contributed by atoms with E-state index in [0.29, 0.717) is 17.5 Å². The zero-order chi connectivity index (χ0) is 12.3. The molecule has 0 fully saturated rings. The largest absolute Gasteiger partial charge is 0.298 e. The molecule has 0 unspecified atom stereocenters. The summed E-state index contributed by atoms with van der Waals surface area (Å²) in [6, 6.07) is 12.4. The number of halogens is 1. The molecule has 0 aliphatic carbocycles. The van der Waals surface area contributed by atoms with Crippen molar-refractivity contribution in [1.82, 2.24) is 0 Å². The van der Waals surface area contributed by atoms with Crippen molar-refractivity contribution in [2.45, 2.75) is 13.3 Å². The van der Waals surface area contributed by atoms with Crippen LogP contribution in [0.5, 0.6) is 0 Å². The topological polar surface area (TPSA) is 17.1 Å². The Bertz CT molecular complexity index is 529. The Labute approximate surface area is 99.9 Å². The number of rotatable bonds is 3. The number of benzene rings is 2. The van der Waals surface area contributed by atoms with Gasteiger partial charge in [0, 0.05) is 12.0 Å². The lowest BCUT2D eigenvalue weighted by molar-refractivity contribution is 0.112. The van der Waals surface area contributed by atoms with Crippen LogP contribution >= 0.6 is 0 Å². The van der Waals surface area contributed by atoms with Gasteiger partial charge in [0.2, 0.25) is 0 Å². The number of carbonyl (C=O) groups is 1. The summed E-state index contributed by atoms with van der Waals surface area (Å²) in [4.78, 5) is 10.6. The molecule has 1 nitrogen and oxygen atoms in total. The first-order valence-corrected chi connectivity index (χ1v) is 5.48. The van der Waals surface area contributed by atoms with Crippen LogP contribution in [0.1, 0.15) is 27.0 Å². The molecule has 2 heteroatoms. The summed E-state index contributed by atoms with van der Waals surface area (Å²) in [5.74, 6) is -0.267. The minimum absolute atomic E-state index is 0.267. The Morgan fingerprint density at radius 3 is 2.47 bits per heavy atom. The number of hydrogen-bond donors (Lipinski definition) is 0. The summed E-state index contributed by atoms with van der Waals surface area (Å²) in [5, 5.41) is 0. The molecule has 0 N–H and O–H groups in total. The molecule has 2 rings (SSSR count). The lowest BCUT2D eigenvalue weighted by Gasteiger charge is -2.05. The fourth-order valence-electron chi connectivity index (χ4n) is 1.73. The quantitative estimate of drug-likeness (QED) is 0.734. The van der Waals surface area contributed by atoms with Crippen LogP contribution in [0.15, 0.2) is 42.5 Å². The Morgan fingerprint density at radius 2 is 1.82 bits per heavy atom. The van der Waals surface area contributed by atoms with Gasteiger partial charge in [-0.1, -0.05) is 29.8 Å². The van der Waals surface area contributed by atoms with Crippen molar-refractivity contribution in [3.63, 3.8) is 0 Å². The van der Waals surface area contributed by atoms with E-state index in [4.69, 9.17) is 0 Å². The first-order chi connectivity index (χ1) is 8.19. The fourth-order valence-corrected chi connectivity index (χ4v) is 1.73. The lowest BCUT2D eigenvalue weighted by atomic mass is 10.0. The van der Waals surface area contributed by atoms with Gasteiger partial charge in [-0.3, -0.25) is 4.79 Å². The van der Waals surface area contributed by atoms with Crippen LogP contribution in [0.4, 0.5) is 4.39 Å². The summed E-state index contributed by atoms with van der Waals surface area (Å²) in [6.45, 7) is 2.01. The molecule has 0 atom stereocenters. The van der Waals surface area contributed by atoms with Crippen molar-refractivity contribution in [2.24, 2.45) is 0 Å². The predicted molar refractivity (Wildman–Crippen MR) is 65.8 cm³/mol. The van der Waals surface area contributed by atoms with E-state index < -0.39 is 0 Å². The summed E-state index contributed by atoms with van der Waals surface area (Å²) in [7, 11) is 0. The SMILES string of the molecule is Cc1ccc(Cc2cc(C=O)ccc2F)cc1. The second-order valence-corrected chi connectivity index (χ2v) is 4.13. The third-order valence-corrected chi connectivity index (χ3v) is 2.72. The zero-order valence-electron chi connectivity index (χ0n) is 9.61. The smallest absolute Gasteiger partial charge is 0.150 e. The highest BCUT2D eigenvalue weighted by Gasteiger charge is 2.04. The Balaban J connectivity index is 2.28. The number of aldehydes is 1. The van der Waals surface area contributed by atoms with Gasteiger partial charge in [0.1, 0.15) is 12.1 Å². The zero-order valence-corrected chi connectivity index (χ0v) is 9.61. The highest BCUT2D eigenvalue weighted by molar-refractivity contribution is 5.75. The summed E-state index contributed by atoms with van der Waals surface area (Å²) >= 11 is 0. The van der Waals surface area contributed by atoms with Crippen LogP contribution < -0.4 is 0 Å². The Hall–Kier alpha value is -1.96. The van der Waals surface area contributed by atoms with Crippen molar-refractivity contribution >= 4 is 6.29 Å². The van der Waals surface area contributed by atoms with E-state index in [1.807, 2.05) is 31.2 Å². The highest BCUT2D eigenvalue weighted by atomic mass is 19.1. The normalized spacial score (nSPS) is 10.2. The first-order valence-electron chi connectivity index (χ1n) is 5.48. The molecule has 2 aromatic carbocycles. The molecular formula is C15H13FO. The molecule has 0 amide bonds. The Morgan fingerprint density at radius 1 is 1.12 bits per heavy atom. The van der Waals surface area contributed by atoms with Crippen molar-refractivity contribution in [3.8, 4) is 0 Å². The lowest BCUT2D eigenvalue weighted by Crippen LogP contribution is -1.94. The number of aryl methyl sites for hydroxylation is 1. The van der Waals surface area contributed by atoms with Gasteiger partial charge in [-0.05, 0) is 36.2 Å². The standard InChI is InChI=1S/C15H13FO/c1-11-2-4-12(5-3-11)8-14-9-13(10-17)6-7-15(14)16/h2-7,9-10H,8H2,1H3. The molecule has 0 saturated carbocycles. The fraction of sp³-hybridized carbons (Fsp3) is 0.133. The van der Waals surface area contributed by atoms with Crippen LogP contribution in [-0.2, 0) is 6.42 Å². The van der Waals surface area contributed by atoms with Gasteiger partial charge >= 0.3 is 0 Å². The van der Waals surface area contributed by atoms with Crippen molar-refractivity contribution in [3.05, 3.63) is 70.5 Å². The maximum absolute atomic E-state index is 13.6. The minimum atomic E-state index is -0.267. The van der Waals surface area contributed by atoms with Crippen LogP contribution in [0.2, 0.25) is 0 Å². The van der Waals surface area contributed by atoms with E-state index >= 15 is 0 Å². The first kappa shape index (κ1) is 11.5. The monoisotopic (exact) mass is 228 g/mol. The van der Waals surface area contributed by atoms with Crippen molar-refractivity contribution < 1.29 is 9.18 Å². The molecule has 86 valence electrons. The van der Waals surface area contributed by atoms with E-state index in [-0.39, 0.29) is 5.82 Å². The van der Waals surface area contributed by atoms with Crippen LogP contribution in [0.3, 0.4) is 0 Å². The Kier molecular flexibility index (Phi) is 3.33. The van der Waals surface area contributed by atoms with Crippen LogP contribution in [0, 0.1) is 12.7 Å². The third kappa shape index (κ3) is 2.78. The molecule has 0 saturated heterocycles. The van der Waals surface area contributed by atoms with Gasteiger partial charge in [0.25, 0.3) is 0 Å². The maximum Gasteiger partial charge on any atom is 0.150 e. The number of hydrogen-bond acceptors (Lipinski definition) is 1.